The zero-order valence-electron chi connectivity index (χ0n) is 14.8. The number of nitrogens with one attached hydrogen (secondary N) is 2. The highest BCUT2D eigenvalue weighted by Crippen LogP contribution is 2.19. The van der Waals surface area contributed by atoms with Gasteiger partial charge in [-0.25, -0.2) is 4.39 Å². The van der Waals surface area contributed by atoms with Gasteiger partial charge in [-0.3, -0.25) is 14.4 Å². The molecule has 142 valence electrons. The molecule has 1 heterocycles. The molecule has 1 aliphatic rings. The van der Waals surface area contributed by atoms with Gasteiger partial charge < -0.3 is 19.9 Å². The second kappa shape index (κ2) is 9.54. The van der Waals surface area contributed by atoms with Crippen molar-refractivity contribution >= 4 is 35.2 Å². The number of likely N-dealkylation sites (N-methyl/N-ethyl adjacent to an activating group) is 1. The molecule has 0 radical (unpaired) electrons. The molecular formula is C17H23FN3O4S+. The first kappa shape index (κ1) is 20.2. The monoisotopic (exact) mass is 384 g/mol. The number of hydrogen-bond donors (Lipinski definition) is 2. The maximum Gasteiger partial charge on any atom is 0.320 e. The first-order chi connectivity index (χ1) is 12.4. The summed E-state index contributed by atoms with van der Waals surface area (Å²) in [4.78, 5) is 38.4. The fraction of sp³-hybridized carbons (Fsp3) is 0.471. The summed E-state index contributed by atoms with van der Waals surface area (Å²) in [5, 5.41) is 2.24. The number of rotatable bonds is 6. The van der Waals surface area contributed by atoms with Crippen LogP contribution in [0.4, 0.5) is 10.1 Å². The maximum atomic E-state index is 13.1. The summed E-state index contributed by atoms with van der Waals surface area (Å²) < 4.78 is 17.9. The zero-order valence-corrected chi connectivity index (χ0v) is 15.6. The minimum Gasteiger partial charge on any atom is -0.468 e. The van der Waals surface area contributed by atoms with Crippen molar-refractivity contribution in [2.24, 2.45) is 0 Å². The van der Waals surface area contributed by atoms with E-state index in [1.807, 2.05) is 0 Å². The largest absolute Gasteiger partial charge is 0.468 e. The molecule has 2 N–H and O–H groups in total. The van der Waals surface area contributed by atoms with Crippen LogP contribution in [-0.2, 0) is 19.1 Å². The van der Waals surface area contributed by atoms with Crippen LogP contribution >= 0.6 is 11.8 Å². The topological polar surface area (TPSA) is 80.2 Å². The van der Waals surface area contributed by atoms with E-state index in [0.29, 0.717) is 29.4 Å². The molecule has 1 aromatic carbocycles. The number of benzene rings is 1. The minimum absolute atomic E-state index is 0.0747. The van der Waals surface area contributed by atoms with Crippen molar-refractivity contribution in [2.45, 2.75) is 5.25 Å². The molecule has 1 aromatic rings. The second-order valence-corrected chi connectivity index (χ2v) is 7.40. The molecule has 1 unspecified atom stereocenters. The van der Waals surface area contributed by atoms with Gasteiger partial charge in [0.1, 0.15) is 11.1 Å². The average molecular weight is 384 g/mol. The number of quaternary nitrogens is 1. The summed E-state index contributed by atoms with van der Waals surface area (Å²) >= 11 is 1.48. The lowest BCUT2D eigenvalue weighted by Crippen LogP contribution is -3.11. The first-order valence-corrected chi connectivity index (χ1v) is 9.28. The smallest absolute Gasteiger partial charge is 0.320 e. The molecule has 0 bridgehead atoms. The molecule has 2 atom stereocenters. The number of nitrogens with zero attached hydrogens (tertiary/aromatic N) is 1. The summed E-state index contributed by atoms with van der Waals surface area (Å²) in [5.41, 5.74) is 0.378. The Morgan fingerprint density at radius 2 is 2.15 bits per heavy atom. The fourth-order valence-electron chi connectivity index (χ4n) is 2.63. The molecule has 26 heavy (non-hydrogen) atoms. The summed E-state index contributed by atoms with van der Waals surface area (Å²) in [5.74, 6) is -0.507. The predicted octanol–water partition coefficient (Wildman–Crippen LogP) is -0.604. The van der Waals surface area contributed by atoms with E-state index in [-0.39, 0.29) is 36.1 Å². The van der Waals surface area contributed by atoms with E-state index in [4.69, 9.17) is 4.74 Å². The molecule has 1 saturated heterocycles. The summed E-state index contributed by atoms with van der Waals surface area (Å²) in [6.45, 7) is 1.10. The number of carbonyl (C=O) groups excluding carboxylic acids is 3. The Labute approximate surface area is 155 Å². The molecule has 9 heteroatoms. The number of halogens is 1. The van der Waals surface area contributed by atoms with Gasteiger partial charge in [-0.05, 0) is 18.2 Å². The van der Waals surface area contributed by atoms with E-state index in [1.165, 1.54) is 37.1 Å². The van der Waals surface area contributed by atoms with Crippen molar-refractivity contribution in [3.8, 4) is 0 Å². The molecule has 0 spiro atoms. The summed E-state index contributed by atoms with van der Waals surface area (Å²) in [6, 6.07) is 5.64. The van der Waals surface area contributed by atoms with Gasteiger partial charge >= 0.3 is 5.97 Å². The molecule has 2 rings (SSSR count). The van der Waals surface area contributed by atoms with Crippen molar-refractivity contribution in [2.75, 3.05) is 51.4 Å². The molecule has 0 aliphatic carbocycles. The number of thioether (sulfide) groups is 1. The van der Waals surface area contributed by atoms with Gasteiger partial charge in [0.05, 0.1) is 14.2 Å². The van der Waals surface area contributed by atoms with Gasteiger partial charge in [0.15, 0.2) is 13.1 Å². The zero-order chi connectivity index (χ0) is 19.1. The molecule has 1 fully saturated rings. The van der Waals surface area contributed by atoms with Gasteiger partial charge in [0.2, 0.25) is 0 Å². The van der Waals surface area contributed by atoms with E-state index < -0.39 is 5.82 Å². The lowest BCUT2D eigenvalue weighted by molar-refractivity contribution is -0.862. The highest BCUT2D eigenvalue weighted by molar-refractivity contribution is 8.00. The molecule has 1 aliphatic heterocycles. The third-order valence-corrected chi connectivity index (χ3v) is 5.07. The van der Waals surface area contributed by atoms with E-state index >= 15 is 0 Å². The quantitative estimate of drug-likeness (QED) is 0.640. The fourth-order valence-corrected chi connectivity index (χ4v) is 3.76. The maximum absolute atomic E-state index is 13.1. The molecule has 2 amide bonds. The van der Waals surface area contributed by atoms with Crippen molar-refractivity contribution < 1.29 is 28.4 Å². The van der Waals surface area contributed by atoms with Gasteiger partial charge in [0.25, 0.3) is 11.8 Å². The highest BCUT2D eigenvalue weighted by Gasteiger charge is 2.30. The third kappa shape index (κ3) is 5.99. The third-order valence-electron chi connectivity index (χ3n) is 3.91. The van der Waals surface area contributed by atoms with Crippen LogP contribution in [0.2, 0.25) is 0 Å². The standard InChI is InChI=1S/C17H22FN3O4S/c1-20(10-15(22)19-13-5-3-4-12(18)8-13)11-16(23)21-6-7-26-14(9-21)17(24)25-2/h3-5,8,14H,6-7,9-11H2,1-2H3,(H,19,22)/p+1/t14-/m1/s1. The van der Waals surface area contributed by atoms with Crippen LogP contribution in [0.1, 0.15) is 0 Å². The van der Waals surface area contributed by atoms with E-state index in [2.05, 4.69) is 5.32 Å². The van der Waals surface area contributed by atoms with Gasteiger partial charge in [-0.15, -0.1) is 11.8 Å². The van der Waals surface area contributed by atoms with Gasteiger partial charge in [-0.2, -0.15) is 0 Å². The molecule has 0 saturated carbocycles. The van der Waals surface area contributed by atoms with Crippen LogP contribution in [0.3, 0.4) is 0 Å². The number of hydrogen-bond acceptors (Lipinski definition) is 5. The number of ether oxygens (including phenoxy) is 1. The van der Waals surface area contributed by atoms with E-state index in [1.54, 1.807) is 18.0 Å². The Kier molecular flexibility index (Phi) is 7.40. The summed E-state index contributed by atoms with van der Waals surface area (Å²) in [7, 11) is 3.07. The Hall–Kier alpha value is -2.13. The van der Waals surface area contributed by atoms with Crippen LogP contribution in [-0.4, -0.2) is 74.0 Å². The number of esters is 1. The Morgan fingerprint density at radius 3 is 2.85 bits per heavy atom. The minimum atomic E-state index is -0.429. The number of methoxy groups -OCH3 is 1. The normalized spacial score (nSPS) is 18.1. The van der Waals surface area contributed by atoms with Crippen LogP contribution in [0.15, 0.2) is 24.3 Å². The first-order valence-electron chi connectivity index (χ1n) is 8.23. The SMILES string of the molecule is COC(=O)[C@H]1CN(C(=O)C[NH+](C)CC(=O)Nc2cccc(F)c2)CCS1. The summed E-state index contributed by atoms with van der Waals surface area (Å²) in [6.07, 6.45) is 0. The van der Waals surface area contributed by atoms with E-state index in [9.17, 15) is 18.8 Å². The van der Waals surface area contributed by atoms with Gasteiger partial charge in [-0.1, -0.05) is 6.07 Å². The number of anilines is 1. The van der Waals surface area contributed by atoms with Crippen molar-refractivity contribution in [1.82, 2.24) is 4.90 Å². The molecular weight excluding hydrogens is 361 g/mol. The van der Waals surface area contributed by atoms with Crippen LogP contribution in [0, 0.1) is 5.82 Å². The Balaban J connectivity index is 1.81. The van der Waals surface area contributed by atoms with Gasteiger partial charge in [0, 0.05) is 24.5 Å². The second-order valence-electron chi connectivity index (χ2n) is 6.09. The highest BCUT2D eigenvalue weighted by atomic mass is 32.2. The van der Waals surface area contributed by atoms with E-state index in [0.717, 1.165) is 0 Å². The van der Waals surface area contributed by atoms with Crippen LogP contribution in [0.5, 0.6) is 0 Å². The van der Waals surface area contributed by atoms with Crippen molar-refractivity contribution in [1.29, 1.82) is 0 Å². The lowest BCUT2D eigenvalue weighted by Gasteiger charge is -2.31. The molecule has 0 aromatic heterocycles. The van der Waals surface area contributed by atoms with Crippen molar-refractivity contribution in [3.05, 3.63) is 30.1 Å². The average Bonchev–Trinajstić information content (AvgIpc) is 2.60. The lowest BCUT2D eigenvalue weighted by atomic mass is 10.3. The number of amides is 2. The molecule has 7 nitrogen and oxygen atoms in total. The van der Waals surface area contributed by atoms with Crippen LogP contribution in [0.25, 0.3) is 0 Å². The van der Waals surface area contributed by atoms with Crippen LogP contribution < -0.4 is 10.2 Å². The Bertz CT molecular complexity index is 673. The predicted molar refractivity (Wildman–Crippen MR) is 96.5 cm³/mol. The van der Waals surface area contributed by atoms with Crippen molar-refractivity contribution in [3.63, 3.8) is 0 Å². The Morgan fingerprint density at radius 1 is 1.38 bits per heavy atom. The number of carbonyl (C=O) groups is 3.